The largest absolute Gasteiger partial charge is 0.317 e. The number of carbonyl (C=O) groups is 1. The molecule has 14 heavy (non-hydrogen) atoms. The van der Waals surface area contributed by atoms with E-state index in [0.717, 1.165) is 38.3 Å². The minimum atomic E-state index is 0.000833. The number of piperidine rings is 1. The van der Waals surface area contributed by atoms with Crippen LogP contribution in [-0.4, -0.2) is 18.9 Å². The summed E-state index contributed by atoms with van der Waals surface area (Å²) in [7, 11) is 0. The zero-order chi connectivity index (χ0) is 10.0. The Kier molecular flexibility index (Phi) is 2.91. The summed E-state index contributed by atoms with van der Waals surface area (Å²) < 4.78 is 0. The van der Waals surface area contributed by atoms with Gasteiger partial charge in [-0.25, -0.2) is 0 Å². The third kappa shape index (κ3) is 2.00. The number of ketones is 1. The van der Waals surface area contributed by atoms with Crippen molar-refractivity contribution in [3.8, 4) is 0 Å². The molecule has 1 aliphatic heterocycles. The van der Waals surface area contributed by atoms with Gasteiger partial charge in [0.15, 0.2) is 0 Å². The SMILES string of the molecule is CC1(C(=O)CC2CCC2)CCNCC1. The van der Waals surface area contributed by atoms with Crippen molar-refractivity contribution in [1.82, 2.24) is 5.32 Å². The first-order chi connectivity index (χ1) is 6.71. The Balaban J connectivity index is 1.87. The molecular weight excluding hydrogens is 174 g/mol. The van der Waals surface area contributed by atoms with E-state index in [2.05, 4.69) is 12.2 Å². The van der Waals surface area contributed by atoms with Crippen molar-refractivity contribution in [2.45, 2.75) is 45.4 Å². The van der Waals surface area contributed by atoms with Crippen molar-refractivity contribution in [3.63, 3.8) is 0 Å². The molecule has 1 saturated carbocycles. The highest BCUT2D eigenvalue weighted by Gasteiger charge is 2.35. The molecule has 2 nitrogen and oxygen atoms in total. The smallest absolute Gasteiger partial charge is 0.139 e. The van der Waals surface area contributed by atoms with Crippen LogP contribution >= 0.6 is 0 Å². The maximum atomic E-state index is 12.1. The van der Waals surface area contributed by atoms with Crippen LogP contribution in [0.2, 0.25) is 0 Å². The van der Waals surface area contributed by atoms with Crippen LogP contribution in [0.3, 0.4) is 0 Å². The van der Waals surface area contributed by atoms with Crippen molar-refractivity contribution in [3.05, 3.63) is 0 Å². The molecule has 2 heteroatoms. The summed E-state index contributed by atoms with van der Waals surface area (Å²) in [5, 5.41) is 3.32. The number of nitrogens with one attached hydrogen (secondary N) is 1. The van der Waals surface area contributed by atoms with Gasteiger partial charge in [-0.05, 0) is 31.8 Å². The quantitative estimate of drug-likeness (QED) is 0.747. The van der Waals surface area contributed by atoms with Crippen molar-refractivity contribution in [1.29, 1.82) is 0 Å². The highest BCUT2D eigenvalue weighted by atomic mass is 16.1. The molecule has 80 valence electrons. The van der Waals surface area contributed by atoms with E-state index in [-0.39, 0.29) is 5.41 Å². The molecule has 0 spiro atoms. The lowest BCUT2D eigenvalue weighted by atomic mass is 9.71. The Morgan fingerprint density at radius 1 is 1.36 bits per heavy atom. The molecule has 1 saturated heterocycles. The van der Waals surface area contributed by atoms with Gasteiger partial charge in [0.05, 0.1) is 0 Å². The summed E-state index contributed by atoms with van der Waals surface area (Å²) in [4.78, 5) is 12.1. The normalized spacial score (nSPS) is 26.9. The molecule has 0 unspecified atom stereocenters. The molecule has 2 aliphatic rings. The predicted molar refractivity (Wildman–Crippen MR) is 57.2 cm³/mol. The average molecular weight is 195 g/mol. The van der Waals surface area contributed by atoms with Crippen LogP contribution in [0.1, 0.15) is 45.4 Å². The number of rotatable bonds is 3. The molecule has 0 bridgehead atoms. The van der Waals surface area contributed by atoms with E-state index in [1.54, 1.807) is 0 Å². The third-order valence-corrected chi connectivity index (χ3v) is 4.08. The second-order valence-electron chi connectivity index (χ2n) is 5.23. The van der Waals surface area contributed by atoms with E-state index in [4.69, 9.17) is 0 Å². The summed E-state index contributed by atoms with van der Waals surface area (Å²) in [5.41, 5.74) is 0.000833. The Morgan fingerprint density at radius 3 is 2.50 bits per heavy atom. The Morgan fingerprint density at radius 2 is 2.00 bits per heavy atom. The van der Waals surface area contributed by atoms with Crippen LogP contribution < -0.4 is 5.32 Å². The van der Waals surface area contributed by atoms with Crippen molar-refractivity contribution < 1.29 is 4.79 Å². The third-order valence-electron chi connectivity index (χ3n) is 4.08. The lowest BCUT2D eigenvalue weighted by Gasteiger charge is -2.35. The second-order valence-corrected chi connectivity index (χ2v) is 5.23. The average Bonchev–Trinajstić information content (AvgIpc) is 2.12. The number of hydrogen-bond donors (Lipinski definition) is 1. The van der Waals surface area contributed by atoms with Gasteiger partial charge in [0, 0.05) is 11.8 Å². The highest BCUT2D eigenvalue weighted by Crippen LogP contribution is 2.36. The molecule has 2 rings (SSSR count). The number of hydrogen-bond acceptors (Lipinski definition) is 2. The van der Waals surface area contributed by atoms with Gasteiger partial charge in [0.25, 0.3) is 0 Å². The lowest BCUT2D eigenvalue weighted by molar-refractivity contribution is -0.130. The summed E-state index contributed by atoms with van der Waals surface area (Å²) >= 11 is 0. The number of Topliss-reactive ketones (excluding diaryl/α,β-unsaturated/α-hetero) is 1. The highest BCUT2D eigenvalue weighted by molar-refractivity contribution is 5.84. The summed E-state index contributed by atoms with van der Waals surface area (Å²) in [5.74, 6) is 1.26. The Hall–Kier alpha value is -0.370. The van der Waals surface area contributed by atoms with Crippen LogP contribution in [-0.2, 0) is 4.79 Å². The molecule has 0 aromatic carbocycles. The fourth-order valence-electron chi connectivity index (χ4n) is 2.46. The molecule has 0 amide bonds. The summed E-state index contributed by atoms with van der Waals surface area (Å²) in [6, 6.07) is 0. The molecule has 1 N–H and O–H groups in total. The van der Waals surface area contributed by atoms with Crippen molar-refractivity contribution in [2.75, 3.05) is 13.1 Å². The summed E-state index contributed by atoms with van der Waals surface area (Å²) in [6.45, 7) is 4.20. The van der Waals surface area contributed by atoms with Crippen LogP contribution in [0.15, 0.2) is 0 Å². The van der Waals surface area contributed by atoms with E-state index in [9.17, 15) is 4.79 Å². The molecule has 0 radical (unpaired) electrons. The van der Waals surface area contributed by atoms with Crippen LogP contribution in [0.5, 0.6) is 0 Å². The van der Waals surface area contributed by atoms with Gasteiger partial charge in [-0.3, -0.25) is 4.79 Å². The minimum absolute atomic E-state index is 0.000833. The fraction of sp³-hybridized carbons (Fsp3) is 0.917. The van der Waals surface area contributed by atoms with Crippen molar-refractivity contribution >= 4 is 5.78 Å². The van der Waals surface area contributed by atoms with E-state index in [1.807, 2.05) is 0 Å². The van der Waals surface area contributed by atoms with E-state index >= 15 is 0 Å². The van der Waals surface area contributed by atoms with Gasteiger partial charge < -0.3 is 5.32 Å². The van der Waals surface area contributed by atoms with Crippen LogP contribution in [0.4, 0.5) is 0 Å². The molecule has 0 atom stereocenters. The van der Waals surface area contributed by atoms with Gasteiger partial charge in [-0.2, -0.15) is 0 Å². The first-order valence-corrected chi connectivity index (χ1v) is 5.95. The van der Waals surface area contributed by atoms with Gasteiger partial charge in [-0.15, -0.1) is 0 Å². The predicted octanol–water partition coefficient (Wildman–Crippen LogP) is 2.14. The first kappa shape index (κ1) is 10.2. The molecule has 0 aromatic rings. The molecular formula is C12H21NO. The van der Waals surface area contributed by atoms with E-state index in [0.29, 0.717) is 5.78 Å². The second kappa shape index (κ2) is 4.01. The molecule has 0 aromatic heterocycles. The standard InChI is InChI=1S/C12H21NO/c1-12(5-7-13-8-6-12)11(14)9-10-3-2-4-10/h10,13H,2-9H2,1H3. The van der Waals surface area contributed by atoms with E-state index < -0.39 is 0 Å². The van der Waals surface area contributed by atoms with Gasteiger partial charge >= 0.3 is 0 Å². The number of carbonyl (C=O) groups excluding carboxylic acids is 1. The maximum absolute atomic E-state index is 12.1. The van der Waals surface area contributed by atoms with Gasteiger partial charge in [-0.1, -0.05) is 26.2 Å². The van der Waals surface area contributed by atoms with Gasteiger partial charge in [0.2, 0.25) is 0 Å². The van der Waals surface area contributed by atoms with Gasteiger partial charge in [0.1, 0.15) is 5.78 Å². The molecule has 1 aliphatic carbocycles. The maximum Gasteiger partial charge on any atom is 0.139 e. The Labute approximate surface area is 86.5 Å². The zero-order valence-electron chi connectivity index (χ0n) is 9.14. The van der Waals surface area contributed by atoms with E-state index in [1.165, 1.54) is 19.3 Å². The minimum Gasteiger partial charge on any atom is -0.317 e. The molecule has 2 fully saturated rings. The van der Waals surface area contributed by atoms with Crippen molar-refractivity contribution in [2.24, 2.45) is 11.3 Å². The molecule has 1 heterocycles. The van der Waals surface area contributed by atoms with Crippen LogP contribution in [0.25, 0.3) is 0 Å². The monoisotopic (exact) mass is 195 g/mol. The zero-order valence-corrected chi connectivity index (χ0v) is 9.14. The topological polar surface area (TPSA) is 29.1 Å². The fourth-order valence-corrected chi connectivity index (χ4v) is 2.46. The van der Waals surface area contributed by atoms with Crippen LogP contribution in [0, 0.1) is 11.3 Å². The summed E-state index contributed by atoms with van der Waals surface area (Å²) in [6.07, 6.45) is 6.87. The Bertz CT molecular complexity index is 214. The first-order valence-electron chi connectivity index (χ1n) is 5.95. The lowest BCUT2D eigenvalue weighted by Crippen LogP contribution is -2.41.